The van der Waals surface area contributed by atoms with Crippen LogP contribution in [0.3, 0.4) is 0 Å². The third-order valence-electron chi connectivity index (χ3n) is 3.56. The van der Waals surface area contributed by atoms with Crippen molar-refractivity contribution in [2.24, 2.45) is 4.40 Å². The van der Waals surface area contributed by atoms with Gasteiger partial charge in [-0.05, 0) is 31.0 Å². The van der Waals surface area contributed by atoms with Gasteiger partial charge in [-0.15, -0.1) is 4.40 Å². The van der Waals surface area contributed by atoms with E-state index in [1.54, 1.807) is 12.1 Å². The predicted molar refractivity (Wildman–Crippen MR) is 94.1 cm³/mol. The average molecular weight is 390 g/mol. The highest BCUT2D eigenvalue weighted by atomic mass is 35.5. The topological polar surface area (TPSA) is 96.9 Å². The van der Waals surface area contributed by atoms with Gasteiger partial charge in [-0.3, -0.25) is 4.79 Å². The minimum Gasteiger partial charge on any atom is -0.376 e. The summed E-state index contributed by atoms with van der Waals surface area (Å²) < 4.78 is 33.4. The molecule has 3 rings (SSSR count). The Morgan fingerprint density at radius 1 is 1.50 bits per heavy atom. The molecule has 0 aromatic heterocycles. The van der Waals surface area contributed by atoms with E-state index in [1.807, 2.05) is 0 Å². The molecule has 10 heteroatoms. The third-order valence-corrected chi connectivity index (χ3v) is 6.10. The summed E-state index contributed by atoms with van der Waals surface area (Å²) in [5.41, 5.74) is 0.400. The molecule has 1 aromatic rings. The zero-order valence-electron chi connectivity index (χ0n) is 12.6. The van der Waals surface area contributed by atoms with Crippen LogP contribution in [0.5, 0.6) is 0 Å². The lowest BCUT2D eigenvalue weighted by Gasteiger charge is -2.17. The summed E-state index contributed by atoms with van der Waals surface area (Å²) in [5.74, 6) is -0.129. The summed E-state index contributed by atoms with van der Waals surface area (Å²) in [6.07, 6.45) is 2.03. The summed E-state index contributed by atoms with van der Waals surface area (Å²) in [6.45, 7) is 1.20. The van der Waals surface area contributed by atoms with Crippen LogP contribution >= 0.6 is 23.4 Å². The van der Waals surface area contributed by atoms with Crippen LogP contribution in [-0.2, 0) is 19.6 Å². The van der Waals surface area contributed by atoms with Crippen LogP contribution in [0.2, 0.25) is 5.02 Å². The Kier molecular flexibility index (Phi) is 5.33. The number of halogens is 1. The van der Waals surface area contributed by atoms with Crippen LogP contribution in [-0.4, -0.2) is 44.5 Å². The van der Waals surface area contributed by atoms with Crippen molar-refractivity contribution in [2.75, 3.05) is 24.2 Å². The maximum absolute atomic E-state index is 12.2. The van der Waals surface area contributed by atoms with Crippen LogP contribution in [0.1, 0.15) is 12.8 Å². The second-order valence-corrected chi connectivity index (χ2v) is 8.34. The lowest BCUT2D eigenvalue weighted by molar-refractivity contribution is -0.119. The monoisotopic (exact) mass is 389 g/mol. The molecule has 7 nitrogen and oxygen atoms in total. The smallest absolute Gasteiger partial charge is 0.286 e. The third kappa shape index (κ3) is 4.21. The Bertz CT molecular complexity index is 776. The number of benzene rings is 1. The Labute approximate surface area is 149 Å². The first-order valence-electron chi connectivity index (χ1n) is 7.37. The molecular weight excluding hydrogens is 374 g/mol. The van der Waals surface area contributed by atoms with Crippen LogP contribution in [0.15, 0.2) is 27.5 Å². The molecule has 2 heterocycles. The van der Waals surface area contributed by atoms with Crippen molar-refractivity contribution >= 4 is 50.1 Å². The van der Waals surface area contributed by atoms with Gasteiger partial charge >= 0.3 is 0 Å². The number of nitrogens with one attached hydrogen (secondary N) is 2. The number of nitrogens with zero attached hydrogens (tertiary/aromatic N) is 1. The van der Waals surface area contributed by atoms with Gasteiger partial charge in [0, 0.05) is 18.2 Å². The number of carbonyl (C=O) groups is 1. The highest BCUT2D eigenvalue weighted by Gasteiger charge is 2.26. The Balaban J connectivity index is 1.57. The number of carbonyl (C=O) groups excluding carboxylic acids is 1. The minimum atomic E-state index is -3.82. The number of hydrogen-bond donors (Lipinski definition) is 2. The van der Waals surface area contributed by atoms with Crippen LogP contribution in [0.4, 0.5) is 5.69 Å². The van der Waals surface area contributed by atoms with Gasteiger partial charge in [0.1, 0.15) is 4.90 Å². The number of thioether (sulfide) groups is 1. The van der Waals surface area contributed by atoms with Gasteiger partial charge in [0.15, 0.2) is 5.17 Å². The van der Waals surface area contributed by atoms with E-state index < -0.39 is 10.0 Å². The Hall–Kier alpha value is -1.29. The molecule has 1 saturated heterocycles. The molecule has 1 atom stereocenters. The van der Waals surface area contributed by atoms with Gasteiger partial charge in [-0.2, -0.15) is 8.42 Å². The van der Waals surface area contributed by atoms with Crippen molar-refractivity contribution in [3.05, 3.63) is 23.2 Å². The highest BCUT2D eigenvalue weighted by Crippen LogP contribution is 2.31. The second-order valence-electron chi connectivity index (χ2n) is 5.36. The number of anilines is 1. The lowest BCUT2D eigenvalue weighted by Crippen LogP contribution is -2.33. The van der Waals surface area contributed by atoms with Gasteiger partial charge in [0.25, 0.3) is 10.0 Å². The number of hydrogen-bond acceptors (Lipinski definition) is 6. The second kappa shape index (κ2) is 7.30. The first-order chi connectivity index (χ1) is 11.4. The van der Waals surface area contributed by atoms with Crippen LogP contribution in [0, 0.1) is 0 Å². The molecule has 24 heavy (non-hydrogen) atoms. The van der Waals surface area contributed by atoms with Crippen molar-refractivity contribution in [1.82, 2.24) is 5.32 Å². The summed E-state index contributed by atoms with van der Waals surface area (Å²) in [6, 6.07) is 4.51. The lowest BCUT2D eigenvalue weighted by atomic mass is 10.2. The number of ether oxygens (including phenoxy) is 1. The fraction of sp³-hybridized carbons (Fsp3) is 0.429. The first kappa shape index (κ1) is 17.5. The van der Waals surface area contributed by atoms with E-state index in [9.17, 15) is 13.2 Å². The van der Waals surface area contributed by atoms with Gasteiger partial charge in [-0.1, -0.05) is 23.4 Å². The number of rotatable bonds is 4. The first-order valence-corrected chi connectivity index (χ1v) is 10.2. The molecule has 1 amide bonds. The largest absolute Gasteiger partial charge is 0.376 e. The van der Waals surface area contributed by atoms with Gasteiger partial charge in [-0.25, -0.2) is 0 Å². The zero-order valence-corrected chi connectivity index (χ0v) is 15.0. The van der Waals surface area contributed by atoms with E-state index in [0.717, 1.165) is 31.2 Å². The molecule has 0 radical (unpaired) electrons. The number of sulfonamides is 1. The van der Waals surface area contributed by atoms with E-state index in [2.05, 4.69) is 15.0 Å². The Morgan fingerprint density at radius 2 is 2.33 bits per heavy atom. The van der Waals surface area contributed by atoms with E-state index in [-0.39, 0.29) is 27.8 Å². The SMILES string of the molecule is O=C(CSC1=NS(=O)(=O)c2cc(Cl)ccc2N1)NC[C@H]1CCCO1. The molecule has 2 aliphatic heterocycles. The minimum absolute atomic E-state index is 0.0298. The van der Waals surface area contributed by atoms with Crippen LogP contribution < -0.4 is 10.6 Å². The fourth-order valence-corrected chi connectivity index (χ4v) is 4.72. The van der Waals surface area contributed by atoms with E-state index in [1.165, 1.54) is 6.07 Å². The van der Waals surface area contributed by atoms with E-state index in [4.69, 9.17) is 16.3 Å². The number of amides is 1. The quantitative estimate of drug-likeness (QED) is 0.815. The molecule has 2 aliphatic rings. The summed E-state index contributed by atoms with van der Waals surface area (Å²) in [5, 5.41) is 6.16. The summed E-state index contributed by atoms with van der Waals surface area (Å²) >= 11 is 6.85. The molecular formula is C14H16ClN3O4S2. The summed E-state index contributed by atoms with van der Waals surface area (Å²) in [4.78, 5) is 11.9. The van der Waals surface area contributed by atoms with Crippen molar-refractivity contribution < 1.29 is 17.9 Å². The van der Waals surface area contributed by atoms with Gasteiger partial charge in [0.05, 0.1) is 17.5 Å². The average Bonchev–Trinajstić information content (AvgIpc) is 3.05. The molecule has 0 aliphatic carbocycles. The van der Waals surface area contributed by atoms with Crippen molar-refractivity contribution in [3.8, 4) is 0 Å². The molecule has 0 unspecified atom stereocenters. The number of amidine groups is 1. The molecule has 1 fully saturated rings. The van der Waals surface area contributed by atoms with Gasteiger partial charge < -0.3 is 15.4 Å². The van der Waals surface area contributed by atoms with Crippen molar-refractivity contribution in [2.45, 2.75) is 23.8 Å². The fourth-order valence-electron chi connectivity index (χ4n) is 2.39. The Morgan fingerprint density at radius 3 is 3.08 bits per heavy atom. The molecule has 0 spiro atoms. The standard InChI is InChI=1S/C14H16ClN3O4S2/c15-9-3-4-11-12(6-9)24(20,21)18-14(17-11)23-8-13(19)16-7-10-2-1-5-22-10/h3-4,6,10H,1-2,5,7-8H2,(H,16,19)(H,17,18)/t10-/m1/s1. The predicted octanol–water partition coefficient (Wildman–Crippen LogP) is 1.84. The maximum Gasteiger partial charge on any atom is 0.286 e. The molecule has 2 N–H and O–H groups in total. The molecule has 130 valence electrons. The zero-order chi connectivity index (χ0) is 17.2. The molecule has 1 aromatic carbocycles. The van der Waals surface area contributed by atoms with Gasteiger partial charge in [0.2, 0.25) is 5.91 Å². The van der Waals surface area contributed by atoms with E-state index >= 15 is 0 Å². The van der Waals surface area contributed by atoms with E-state index in [0.29, 0.717) is 17.3 Å². The van der Waals surface area contributed by atoms with Crippen molar-refractivity contribution in [1.29, 1.82) is 0 Å². The summed E-state index contributed by atoms with van der Waals surface area (Å²) in [7, 11) is -3.82. The molecule has 0 saturated carbocycles. The number of fused-ring (bicyclic) bond motifs is 1. The maximum atomic E-state index is 12.2. The highest BCUT2D eigenvalue weighted by molar-refractivity contribution is 8.15. The van der Waals surface area contributed by atoms with Crippen molar-refractivity contribution in [3.63, 3.8) is 0 Å². The normalized spacial score (nSPS) is 21.5. The van der Waals surface area contributed by atoms with Crippen LogP contribution in [0.25, 0.3) is 0 Å². The molecule has 0 bridgehead atoms.